The van der Waals surface area contributed by atoms with Gasteiger partial charge in [-0.05, 0) is 12.1 Å². The summed E-state index contributed by atoms with van der Waals surface area (Å²) in [5.74, 6) is -3.71. The van der Waals surface area contributed by atoms with Crippen LogP contribution < -0.4 is 0 Å². The van der Waals surface area contributed by atoms with Crippen LogP contribution in [0.5, 0.6) is 0 Å². The smallest absolute Gasteiger partial charge is 0.179 e. The van der Waals surface area contributed by atoms with E-state index >= 15 is 0 Å². The van der Waals surface area contributed by atoms with Gasteiger partial charge in [0, 0.05) is 0 Å². The summed E-state index contributed by atoms with van der Waals surface area (Å²) >= 11 is 0. The molecule has 56 valence electrons. The molecule has 1 aromatic rings. The van der Waals surface area contributed by atoms with E-state index in [2.05, 4.69) is 0 Å². The molecular weight excluding hydrogens is 155 g/mol. The predicted octanol–water partition coefficient (Wildman–Crippen LogP) is 1.98. The Labute approximate surface area is 60.7 Å². The molecule has 11 heavy (non-hydrogen) atoms. The van der Waals surface area contributed by atoms with E-state index in [-0.39, 0.29) is 0 Å². The second-order valence-corrected chi connectivity index (χ2v) is 1.83. The van der Waals surface area contributed by atoms with Crippen LogP contribution in [0, 0.1) is 28.8 Å². The number of nitriles is 1. The van der Waals surface area contributed by atoms with Crippen LogP contribution in [0.15, 0.2) is 12.1 Å². The lowest BCUT2D eigenvalue weighted by Crippen LogP contribution is -1.93. The summed E-state index contributed by atoms with van der Waals surface area (Å²) in [6.45, 7) is 0. The maximum atomic E-state index is 12.4. The van der Waals surface area contributed by atoms with Crippen molar-refractivity contribution in [1.29, 1.82) is 5.26 Å². The van der Waals surface area contributed by atoms with Crippen LogP contribution in [-0.4, -0.2) is 0 Å². The highest BCUT2D eigenvalue weighted by atomic mass is 19.2. The van der Waals surface area contributed by atoms with E-state index in [9.17, 15) is 13.2 Å². The van der Waals surface area contributed by atoms with Gasteiger partial charge >= 0.3 is 0 Å². The van der Waals surface area contributed by atoms with Crippen molar-refractivity contribution in [2.45, 2.75) is 0 Å². The molecule has 0 aromatic heterocycles. The zero-order valence-corrected chi connectivity index (χ0v) is 5.24. The third kappa shape index (κ3) is 1.17. The lowest BCUT2D eigenvalue weighted by molar-refractivity contribution is 0.491. The normalized spacial score (nSPS) is 9.27. The van der Waals surface area contributed by atoms with Crippen molar-refractivity contribution >= 4 is 0 Å². The van der Waals surface area contributed by atoms with Crippen molar-refractivity contribution in [2.75, 3.05) is 0 Å². The van der Waals surface area contributed by atoms with Gasteiger partial charge in [-0.3, -0.25) is 0 Å². The Morgan fingerprint density at radius 1 is 1.09 bits per heavy atom. The van der Waals surface area contributed by atoms with E-state index in [0.29, 0.717) is 12.1 Å². The Bertz CT molecular complexity index is 327. The molecule has 0 radical (unpaired) electrons. The zero-order chi connectivity index (χ0) is 8.43. The average Bonchev–Trinajstić information content (AvgIpc) is 1.99. The molecule has 4 heteroatoms. The minimum Gasteiger partial charge on any atom is -0.205 e. The van der Waals surface area contributed by atoms with E-state index < -0.39 is 23.0 Å². The standard InChI is InChI=1S/C7H2F3N/c8-5-1-2-6(9)7(10)4(5)3-11/h1-2H. The van der Waals surface area contributed by atoms with Crippen molar-refractivity contribution in [3.8, 4) is 6.07 Å². The zero-order valence-electron chi connectivity index (χ0n) is 5.24. The number of rotatable bonds is 0. The molecule has 0 atom stereocenters. The predicted molar refractivity (Wildman–Crippen MR) is 31.0 cm³/mol. The van der Waals surface area contributed by atoms with Gasteiger partial charge in [-0.1, -0.05) is 0 Å². The fraction of sp³-hybridized carbons (Fsp3) is 0. The van der Waals surface area contributed by atoms with Crippen LogP contribution in [0.4, 0.5) is 13.2 Å². The number of halogens is 3. The van der Waals surface area contributed by atoms with Crippen LogP contribution in [0.1, 0.15) is 5.56 Å². The summed E-state index contributed by atoms with van der Waals surface area (Å²) in [6, 6.07) is 2.55. The van der Waals surface area contributed by atoms with Crippen molar-refractivity contribution in [3.05, 3.63) is 35.1 Å². The van der Waals surface area contributed by atoms with Crippen LogP contribution in [0.25, 0.3) is 0 Å². The van der Waals surface area contributed by atoms with Crippen molar-refractivity contribution < 1.29 is 13.2 Å². The lowest BCUT2D eigenvalue weighted by Gasteiger charge is -1.94. The fourth-order valence-electron chi connectivity index (χ4n) is 0.630. The maximum Gasteiger partial charge on any atom is 0.179 e. The second-order valence-electron chi connectivity index (χ2n) is 1.83. The molecule has 0 aliphatic rings. The molecule has 1 rings (SSSR count). The Kier molecular flexibility index (Phi) is 1.81. The first-order chi connectivity index (χ1) is 5.16. The molecule has 0 fully saturated rings. The SMILES string of the molecule is N#Cc1c(F)ccc(F)c1F. The summed E-state index contributed by atoms with van der Waals surface area (Å²) in [5, 5.41) is 8.13. The van der Waals surface area contributed by atoms with Crippen molar-refractivity contribution in [3.63, 3.8) is 0 Å². The second kappa shape index (κ2) is 2.62. The molecule has 0 aliphatic heterocycles. The van der Waals surface area contributed by atoms with Gasteiger partial charge in [-0.25, -0.2) is 13.2 Å². The Hall–Kier alpha value is -1.50. The molecule has 1 aromatic carbocycles. The van der Waals surface area contributed by atoms with Crippen LogP contribution in [0.3, 0.4) is 0 Å². The Morgan fingerprint density at radius 2 is 1.64 bits per heavy atom. The molecular formula is C7H2F3N. The third-order valence-corrected chi connectivity index (χ3v) is 1.16. The largest absolute Gasteiger partial charge is 0.205 e. The number of hydrogen-bond donors (Lipinski definition) is 0. The van der Waals surface area contributed by atoms with Crippen LogP contribution >= 0.6 is 0 Å². The quantitative estimate of drug-likeness (QED) is 0.528. The molecule has 0 N–H and O–H groups in total. The maximum absolute atomic E-state index is 12.4. The molecule has 1 nitrogen and oxygen atoms in total. The topological polar surface area (TPSA) is 23.8 Å². The minimum atomic E-state index is -1.44. The third-order valence-electron chi connectivity index (χ3n) is 1.16. The lowest BCUT2D eigenvalue weighted by atomic mass is 10.2. The van der Waals surface area contributed by atoms with E-state index in [1.807, 2.05) is 0 Å². The van der Waals surface area contributed by atoms with E-state index in [1.54, 1.807) is 0 Å². The van der Waals surface area contributed by atoms with Crippen molar-refractivity contribution in [1.82, 2.24) is 0 Å². The minimum absolute atomic E-state index is 0.630. The Balaban J connectivity index is 3.44. The number of benzene rings is 1. The molecule has 0 heterocycles. The molecule has 0 aliphatic carbocycles. The summed E-state index contributed by atoms with van der Waals surface area (Å²) < 4.78 is 37.1. The van der Waals surface area contributed by atoms with Gasteiger partial charge in [0.05, 0.1) is 0 Å². The van der Waals surface area contributed by atoms with Gasteiger partial charge < -0.3 is 0 Å². The van der Waals surface area contributed by atoms with Gasteiger partial charge in [0.15, 0.2) is 11.6 Å². The summed E-state index contributed by atoms with van der Waals surface area (Å²) in [5.41, 5.74) is -0.884. The van der Waals surface area contributed by atoms with E-state index in [1.165, 1.54) is 6.07 Å². The average molecular weight is 157 g/mol. The highest BCUT2D eigenvalue weighted by Gasteiger charge is 2.12. The highest BCUT2D eigenvalue weighted by Crippen LogP contribution is 2.13. The first-order valence-corrected chi connectivity index (χ1v) is 2.70. The molecule has 0 spiro atoms. The van der Waals surface area contributed by atoms with E-state index in [4.69, 9.17) is 5.26 Å². The van der Waals surface area contributed by atoms with Crippen LogP contribution in [-0.2, 0) is 0 Å². The van der Waals surface area contributed by atoms with Gasteiger partial charge in [-0.2, -0.15) is 5.26 Å². The Morgan fingerprint density at radius 3 is 2.09 bits per heavy atom. The van der Waals surface area contributed by atoms with Crippen molar-refractivity contribution in [2.24, 2.45) is 0 Å². The highest BCUT2D eigenvalue weighted by molar-refractivity contribution is 5.32. The number of hydrogen-bond acceptors (Lipinski definition) is 1. The summed E-state index contributed by atoms with van der Waals surface area (Å²) in [6.07, 6.45) is 0. The van der Waals surface area contributed by atoms with Gasteiger partial charge in [0.25, 0.3) is 0 Å². The first kappa shape index (κ1) is 7.61. The molecule has 0 saturated heterocycles. The molecule has 0 bridgehead atoms. The number of nitrogens with zero attached hydrogens (tertiary/aromatic N) is 1. The molecule has 0 unspecified atom stereocenters. The van der Waals surface area contributed by atoms with Crippen LogP contribution in [0.2, 0.25) is 0 Å². The first-order valence-electron chi connectivity index (χ1n) is 2.70. The van der Waals surface area contributed by atoms with E-state index in [0.717, 1.165) is 0 Å². The fourth-order valence-corrected chi connectivity index (χ4v) is 0.630. The monoisotopic (exact) mass is 157 g/mol. The van der Waals surface area contributed by atoms with Gasteiger partial charge in [0.2, 0.25) is 0 Å². The summed E-state index contributed by atoms with van der Waals surface area (Å²) in [4.78, 5) is 0. The van der Waals surface area contributed by atoms with Gasteiger partial charge in [-0.15, -0.1) is 0 Å². The molecule has 0 amide bonds. The summed E-state index contributed by atoms with van der Waals surface area (Å²) in [7, 11) is 0. The van der Waals surface area contributed by atoms with Gasteiger partial charge in [0.1, 0.15) is 17.4 Å². The molecule has 0 saturated carbocycles.